The second-order valence-corrected chi connectivity index (χ2v) is 6.04. The molecule has 0 aliphatic carbocycles. The van der Waals surface area contributed by atoms with Gasteiger partial charge < -0.3 is 5.32 Å². The molecule has 1 amide bonds. The quantitative estimate of drug-likeness (QED) is 0.808. The fourth-order valence-corrected chi connectivity index (χ4v) is 1.01. The molecule has 0 unspecified atom stereocenters. The summed E-state index contributed by atoms with van der Waals surface area (Å²) in [6.07, 6.45) is -1.63. The molecule has 0 saturated heterocycles. The van der Waals surface area contributed by atoms with Gasteiger partial charge in [-0.25, -0.2) is 4.39 Å². The van der Waals surface area contributed by atoms with Crippen molar-refractivity contribution in [1.82, 2.24) is 5.32 Å². The molecule has 3 nitrogen and oxygen atoms in total. The van der Waals surface area contributed by atoms with E-state index in [1.807, 2.05) is 0 Å². The first-order valence-corrected chi connectivity index (χ1v) is 5.43. The Hall–Kier alpha value is -0.930. The Morgan fingerprint density at radius 3 is 1.81 bits per heavy atom. The van der Waals surface area contributed by atoms with Crippen LogP contribution in [0.25, 0.3) is 0 Å². The highest BCUT2D eigenvalue weighted by atomic mass is 19.1. The second-order valence-electron chi connectivity index (χ2n) is 6.04. The van der Waals surface area contributed by atoms with Crippen LogP contribution < -0.4 is 5.32 Å². The Labute approximate surface area is 96.8 Å². The largest absolute Gasteiger partial charge is 0.352 e. The van der Waals surface area contributed by atoms with Crippen LogP contribution in [0.3, 0.4) is 0 Å². The summed E-state index contributed by atoms with van der Waals surface area (Å²) >= 11 is 0. The highest BCUT2D eigenvalue weighted by Crippen LogP contribution is 2.18. The average molecular weight is 231 g/mol. The molecule has 0 aliphatic rings. The summed E-state index contributed by atoms with van der Waals surface area (Å²) < 4.78 is 13.5. The van der Waals surface area contributed by atoms with Gasteiger partial charge >= 0.3 is 0 Å². The molecule has 0 aromatic carbocycles. The minimum absolute atomic E-state index is 0.244. The molecule has 0 aromatic heterocycles. The van der Waals surface area contributed by atoms with Gasteiger partial charge in [0.1, 0.15) is 0 Å². The van der Waals surface area contributed by atoms with E-state index in [1.54, 1.807) is 41.5 Å². The summed E-state index contributed by atoms with van der Waals surface area (Å²) in [5, 5.41) is 2.44. The van der Waals surface area contributed by atoms with Gasteiger partial charge in [-0.15, -0.1) is 0 Å². The van der Waals surface area contributed by atoms with Crippen molar-refractivity contribution in [2.24, 2.45) is 10.8 Å². The molecule has 0 rings (SSSR count). The van der Waals surface area contributed by atoms with E-state index in [4.69, 9.17) is 0 Å². The Morgan fingerprint density at radius 1 is 1.06 bits per heavy atom. The topological polar surface area (TPSA) is 46.2 Å². The maximum Gasteiger partial charge on any atom is 0.225 e. The first kappa shape index (κ1) is 15.1. The van der Waals surface area contributed by atoms with E-state index in [9.17, 15) is 14.0 Å². The molecule has 4 heteroatoms. The van der Waals surface area contributed by atoms with E-state index in [2.05, 4.69) is 5.32 Å². The van der Waals surface area contributed by atoms with Gasteiger partial charge in [-0.2, -0.15) is 0 Å². The van der Waals surface area contributed by atoms with Crippen LogP contribution in [0.1, 0.15) is 41.5 Å². The number of halogens is 1. The summed E-state index contributed by atoms with van der Waals surface area (Å²) in [5.74, 6) is -0.737. The SMILES string of the molecule is CC(C)(C)C(=O)NC[C@H](F)C(=O)C(C)(C)C. The highest BCUT2D eigenvalue weighted by molar-refractivity contribution is 5.89. The van der Waals surface area contributed by atoms with Crippen molar-refractivity contribution in [2.45, 2.75) is 47.7 Å². The number of hydrogen-bond donors (Lipinski definition) is 1. The summed E-state index contributed by atoms with van der Waals surface area (Å²) in [6.45, 7) is 9.95. The lowest BCUT2D eigenvalue weighted by Gasteiger charge is -2.22. The summed E-state index contributed by atoms with van der Waals surface area (Å²) in [5.41, 5.74) is -1.28. The molecule has 0 aromatic rings. The van der Waals surface area contributed by atoms with Gasteiger partial charge in [0.05, 0.1) is 6.54 Å². The molecule has 1 N–H and O–H groups in total. The van der Waals surface area contributed by atoms with E-state index < -0.39 is 22.8 Å². The molecule has 0 bridgehead atoms. The fourth-order valence-electron chi connectivity index (χ4n) is 1.01. The van der Waals surface area contributed by atoms with Gasteiger partial charge in [-0.3, -0.25) is 9.59 Å². The van der Waals surface area contributed by atoms with Crippen LogP contribution in [-0.4, -0.2) is 24.4 Å². The minimum atomic E-state index is -1.63. The van der Waals surface area contributed by atoms with Gasteiger partial charge in [-0.1, -0.05) is 41.5 Å². The summed E-state index contributed by atoms with van der Waals surface area (Å²) in [4.78, 5) is 23.0. The Kier molecular flexibility index (Phi) is 4.65. The third kappa shape index (κ3) is 4.73. The van der Waals surface area contributed by atoms with Crippen molar-refractivity contribution < 1.29 is 14.0 Å². The predicted octanol–water partition coefficient (Wildman–Crippen LogP) is 2.10. The smallest absolute Gasteiger partial charge is 0.225 e. The monoisotopic (exact) mass is 231 g/mol. The standard InChI is InChI=1S/C12H22FNO2/c1-11(2,3)9(15)8(13)7-14-10(16)12(4,5)6/h8H,7H2,1-6H3,(H,14,16)/t8-/m0/s1. The molecular formula is C12H22FNO2. The number of amides is 1. The zero-order chi connectivity index (χ0) is 13.1. The minimum Gasteiger partial charge on any atom is -0.352 e. The van der Waals surface area contributed by atoms with Gasteiger partial charge in [0.2, 0.25) is 5.91 Å². The van der Waals surface area contributed by atoms with Crippen molar-refractivity contribution in [3.05, 3.63) is 0 Å². The van der Waals surface area contributed by atoms with Crippen molar-refractivity contribution >= 4 is 11.7 Å². The van der Waals surface area contributed by atoms with E-state index in [0.29, 0.717) is 0 Å². The fraction of sp³-hybridized carbons (Fsp3) is 0.833. The number of rotatable bonds is 3. The molecule has 0 fully saturated rings. The molecule has 0 aliphatic heterocycles. The van der Waals surface area contributed by atoms with Crippen LogP contribution in [0.5, 0.6) is 0 Å². The van der Waals surface area contributed by atoms with E-state index >= 15 is 0 Å². The highest BCUT2D eigenvalue weighted by Gasteiger charge is 2.30. The van der Waals surface area contributed by atoms with Crippen molar-refractivity contribution in [3.63, 3.8) is 0 Å². The van der Waals surface area contributed by atoms with Crippen LogP contribution in [0.15, 0.2) is 0 Å². The molecule has 0 heterocycles. The zero-order valence-electron chi connectivity index (χ0n) is 11.0. The molecular weight excluding hydrogens is 209 g/mol. The molecule has 1 atom stereocenters. The van der Waals surface area contributed by atoms with E-state index in [0.717, 1.165) is 0 Å². The average Bonchev–Trinajstić information content (AvgIpc) is 2.09. The Balaban J connectivity index is 4.25. The first-order chi connectivity index (χ1) is 6.96. The maximum absolute atomic E-state index is 13.5. The van der Waals surface area contributed by atoms with Crippen molar-refractivity contribution in [1.29, 1.82) is 0 Å². The van der Waals surface area contributed by atoms with Crippen LogP contribution in [0.4, 0.5) is 4.39 Å². The molecule has 94 valence electrons. The first-order valence-electron chi connectivity index (χ1n) is 5.43. The molecule has 16 heavy (non-hydrogen) atoms. The third-order valence-electron chi connectivity index (χ3n) is 2.15. The Bertz CT molecular complexity index is 274. The van der Waals surface area contributed by atoms with Crippen molar-refractivity contribution in [3.8, 4) is 0 Å². The zero-order valence-corrected chi connectivity index (χ0v) is 11.0. The van der Waals surface area contributed by atoms with Crippen molar-refractivity contribution in [2.75, 3.05) is 6.54 Å². The van der Waals surface area contributed by atoms with Crippen LogP contribution in [0.2, 0.25) is 0 Å². The number of hydrogen-bond acceptors (Lipinski definition) is 2. The predicted molar refractivity (Wildman–Crippen MR) is 61.8 cm³/mol. The molecule has 0 radical (unpaired) electrons. The van der Waals surface area contributed by atoms with E-state index in [-0.39, 0.29) is 12.5 Å². The number of ketones is 1. The summed E-state index contributed by atoms with van der Waals surface area (Å²) in [7, 11) is 0. The van der Waals surface area contributed by atoms with Gasteiger partial charge in [0.15, 0.2) is 12.0 Å². The number of alkyl halides is 1. The summed E-state index contributed by atoms with van der Waals surface area (Å²) in [6, 6.07) is 0. The molecule has 0 saturated carbocycles. The lowest BCUT2D eigenvalue weighted by atomic mass is 9.88. The Morgan fingerprint density at radius 2 is 1.50 bits per heavy atom. The number of carbonyl (C=O) groups excluding carboxylic acids is 2. The lowest BCUT2D eigenvalue weighted by molar-refractivity contribution is -0.132. The van der Waals surface area contributed by atoms with Gasteiger partial charge in [0, 0.05) is 10.8 Å². The third-order valence-corrected chi connectivity index (χ3v) is 2.15. The second kappa shape index (κ2) is 4.93. The number of Topliss-reactive ketones (excluding diaryl/α,β-unsaturated/α-hetero) is 1. The van der Waals surface area contributed by atoms with Crippen LogP contribution in [-0.2, 0) is 9.59 Å². The molecule has 0 spiro atoms. The van der Waals surface area contributed by atoms with Gasteiger partial charge in [0.25, 0.3) is 0 Å². The maximum atomic E-state index is 13.5. The van der Waals surface area contributed by atoms with E-state index in [1.165, 1.54) is 0 Å². The van der Waals surface area contributed by atoms with Crippen LogP contribution >= 0.6 is 0 Å². The lowest BCUT2D eigenvalue weighted by Crippen LogP contribution is -2.42. The number of carbonyl (C=O) groups is 2. The van der Waals surface area contributed by atoms with Crippen LogP contribution in [0, 0.1) is 10.8 Å². The number of nitrogens with one attached hydrogen (secondary N) is 1. The van der Waals surface area contributed by atoms with Gasteiger partial charge in [-0.05, 0) is 0 Å². The normalized spacial score (nSPS) is 14.4.